The van der Waals surface area contributed by atoms with Crippen LogP contribution in [0.15, 0.2) is 36.8 Å². The molecular weight excluding hydrogens is 374 g/mol. The number of rotatable bonds is 3. The maximum Gasteiger partial charge on any atom is 0.164 e. The normalized spacial score (nSPS) is 27.2. The van der Waals surface area contributed by atoms with Crippen LogP contribution < -0.4 is 5.73 Å². The van der Waals surface area contributed by atoms with Gasteiger partial charge in [0, 0.05) is 6.20 Å². The van der Waals surface area contributed by atoms with Crippen molar-refractivity contribution >= 4 is 16.9 Å². The summed E-state index contributed by atoms with van der Waals surface area (Å²) in [6, 6.07) is 4.51. The molecule has 1 aliphatic rings. The quantitative estimate of drug-likeness (QED) is 0.520. The Morgan fingerprint density at radius 2 is 1.89 bits per heavy atom. The van der Waals surface area contributed by atoms with Crippen LogP contribution in [0.3, 0.4) is 0 Å². The first kappa shape index (κ1) is 18.7. The molecule has 5 N–H and O–H groups in total. The summed E-state index contributed by atoms with van der Waals surface area (Å²) < 4.78 is 34.1. The maximum atomic E-state index is 13.6. The molecule has 8 nitrogen and oxygen atoms in total. The lowest BCUT2D eigenvalue weighted by Gasteiger charge is -2.32. The third-order valence-corrected chi connectivity index (χ3v) is 5.11. The third-order valence-electron chi connectivity index (χ3n) is 5.11. The molecule has 3 aromatic rings. The molecule has 1 aliphatic heterocycles. The van der Waals surface area contributed by atoms with Gasteiger partial charge in [-0.1, -0.05) is 6.07 Å². The highest BCUT2D eigenvalue weighted by Crippen LogP contribution is 2.40. The van der Waals surface area contributed by atoms with Crippen molar-refractivity contribution in [1.29, 1.82) is 0 Å². The van der Waals surface area contributed by atoms with Crippen molar-refractivity contribution in [3.8, 4) is 0 Å². The summed E-state index contributed by atoms with van der Waals surface area (Å²) in [5.74, 6) is -1.98. The Hall–Kier alpha value is -2.66. The van der Waals surface area contributed by atoms with Crippen LogP contribution in [0, 0.1) is 11.6 Å². The summed E-state index contributed by atoms with van der Waals surface area (Å²) >= 11 is 0. The average molecular weight is 392 g/mol. The van der Waals surface area contributed by atoms with Crippen LogP contribution in [0.1, 0.15) is 18.7 Å². The molecule has 1 aromatic carbocycles. The number of nitrogen functional groups attached to an aromatic ring is 1. The molecule has 3 heterocycles. The van der Waals surface area contributed by atoms with Gasteiger partial charge in [-0.2, -0.15) is 0 Å². The van der Waals surface area contributed by atoms with E-state index in [1.807, 2.05) is 0 Å². The minimum absolute atomic E-state index is 0.00719. The van der Waals surface area contributed by atoms with E-state index in [1.165, 1.54) is 23.9 Å². The second-order valence-corrected chi connectivity index (χ2v) is 6.92. The van der Waals surface area contributed by atoms with Crippen molar-refractivity contribution < 1.29 is 28.8 Å². The first-order valence-corrected chi connectivity index (χ1v) is 8.48. The number of benzene rings is 1. The fourth-order valence-electron chi connectivity index (χ4n) is 3.53. The highest BCUT2D eigenvalue weighted by Gasteiger charge is 2.52. The molecular formula is C18H18F2N4O4. The number of aliphatic hydroxyl groups excluding tert-OH is 2. The van der Waals surface area contributed by atoms with Crippen molar-refractivity contribution in [3.63, 3.8) is 0 Å². The Morgan fingerprint density at radius 1 is 1.14 bits per heavy atom. The lowest BCUT2D eigenvalue weighted by Crippen LogP contribution is -2.45. The van der Waals surface area contributed by atoms with Gasteiger partial charge in [-0.05, 0) is 30.7 Å². The van der Waals surface area contributed by atoms with Gasteiger partial charge in [-0.3, -0.25) is 0 Å². The Bertz CT molecular complexity index is 1040. The van der Waals surface area contributed by atoms with Gasteiger partial charge < -0.3 is 30.4 Å². The Labute approximate surface area is 157 Å². The zero-order chi connectivity index (χ0) is 20.2. The van der Waals surface area contributed by atoms with Crippen LogP contribution in [0.25, 0.3) is 11.0 Å². The van der Waals surface area contributed by atoms with Crippen molar-refractivity contribution in [3.05, 3.63) is 54.0 Å². The van der Waals surface area contributed by atoms with E-state index >= 15 is 0 Å². The summed E-state index contributed by atoms with van der Waals surface area (Å²) in [7, 11) is 0. The molecule has 2 aromatic heterocycles. The number of nitrogens with zero attached hydrogens (tertiary/aromatic N) is 3. The number of nitrogens with two attached hydrogens (primary N) is 1. The van der Waals surface area contributed by atoms with Gasteiger partial charge in [-0.25, -0.2) is 18.7 Å². The van der Waals surface area contributed by atoms with Gasteiger partial charge in [0.05, 0.1) is 5.39 Å². The van der Waals surface area contributed by atoms with E-state index in [1.54, 1.807) is 12.3 Å². The zero-order valence-corrected chi connectivity index (χ0v) is 14.7. The number of aliphatic hydroxyl groups is 3. The fraction of sp³-hybridized carbons (Fsp3) is 0.333. The molecule has 1 fully saturated rings. The van der Waals surface area contributed by atoms with E-state index in [2.05, 4.69) is 9.97 Å². The van der Waals surface area contributed by atoms with Gasteiger partial charge in [0.2, 0.25) is 0 Å². The van der Waals surface area contributed by atoms with Crippen LogP contribution in [0.2, 0.25) is 0 Å². The third kappa shape index (κ3) is 2.73. The first-order chi connectivity index (χ1) is 13.2. The summed E-state index contributed by atoms with van der Waals surface area (Å²) in [4.78, 5) is 8.00. The number of ether oxygens (including phenoxy) is 1. The topological polar surface area (TPSA) is 127 Å². The molecule has 4 rings (SSSR count). The van der Waals surface area contributed by atoms with E-state index in [4.69, 9.17) is 10.5 Å². The average Bonchev–Trinajstić information content (AvgIpc) is 3.20. The number of halogens is 2. The second-order valence-electron chi connectivity index (χ2n) is 6.92. The zero-order valence-electron chi connectivity index (χ0n) is 14.7. The van der Waals surface area contributed by atoms with Gasteiger partial charge >= 0.3 is 0 Å². The van der Waals surface area contributed by atoms with Gasteiger partial charge in [0.1, 0.15) is 41.7 Å². The van der Waals surface area contributed by atoms with Crippen LogP contribution >= 0.6 is 0 Å². The Kier molecular flexibility index (Phi) is 4.31. The standard InChI is InChI=1S/C18H18F2N4O4/c1-18(27,8-2-3-10(19)11(20)6-8)14-12(25)13(26)17(28-14)24-5-4-9-15(21)22-7-23-16(9)24/h2-7,12-14,17,25-27H,1H3,(H2,21,22,23)/t12-,13?,14-,17+,18-/m0/s1. The summed E-state index contributed by atoms with van der Waals surface area (Å²) in [6.07, 6.45) is -2.54. The van der Waals surface area contributed by atoms with Crippen LogP contribution in [0.4, 0.5) is 14.6 Å². The molecule has 0 amide bonds. The first-order valence-electron chi connectivity index (χ1n) is 8.48. The van der Waals surface area contributed by atoms with Crippen LogP contribution in [-0.2, 0) is 10.3 Å². The predicted octanol–water partition coefficient (Wildman–Crippen LogP) is 0.819. The molecule has 0 bridgehead atoms. The molecule has 0 saturated carbocycles. The number of hydrogen-bond acceptors (Lipinski definition) is 7. The van der Waals surface area contributed by atoms with Crippen LogP contribution in [0.5, 0.6) is 0 Å². The van der Waals surface area contributed by atoms with E-state index in [0.717, 1.165) is 12.1 Å². The molecule has 0 spiro atoms. The van der Waals surface area contributed by atoms with Crippen molar-refractivity contribution in [2.45, 2.75) is 37.1 Å². The SMILES string of the molecule is C[C@](O)(c1ccc(F)c(F)c1)[C@H]1O[C@@H](n2ccc3c(N)ncnc32)C(O)[C@@H]1O. The highest BCUT2D eigenvalue weighted by molar-refractivity contribution is 5.86. The lowest BCUT2D eigenvalue weighted by atomic mass is 9.86. The van der Waals surface area contributed by atoms with Gasteiger partial charge in [0.25, 0.3) is 0 Å². The van der Waals surface area contributed by atoms with Crippen molar-refractivity contribution in [2.75, 3.05) is 5.73 Å². The van der Waals surface area contributed by atoms with Crippen molar-refractivity contribution in [1.82, 2.24) is 14.5 Å². The smallest absolute Gasteiger partial charge is 0.164 e. The lowest BCUT2D eigenvalue weighted by molar-refractivity contribution is -0.136. The molecule has 0 radical (unpaired) electrons. The highest BCUT2D eigenvalue weighted by atomic mass is 19.2. The predicted molar refractivity (Wildman–Crippen MR) is 93.8 cm³/mol. The minimum atomic E-state index is -1.92. The number of aromatic nitrogens is 3. The molecule has 5 atom stereocenters. The van der Waals surface area contributed by atoms with E-state index < -0.39 is 41.8 Å². The number of hydrogen-bond donors (Lipinski definition) is 4. The maximum absolute atomic E-state index is 13.6. The summed E-state index contributed by atoms with van der Waals surface area (Å²) in [5.41, 5.74) is 4.25. The molecule has 1 saturated heterocycles. The molecule has 1 unspecified atom stereocenters. The monoisotopic (exact) mass is 392 g/mol. The molecule has 28 heavy (non-hydrogen) atoms. The van der Waals surface area contributed by atoms with E-state index in [0.29, 0.717) is 11.0 Å². The second kappa shape index (κ2) is 6.45. The number of anilines is 1. The Morgan fingerprint density at radius 3 is 2.61 bits per heavy atom. The van der Waals surface area contributed by atoms with E-state index in [9.17, 15) is 24.1 Å². The molecule has 148 valence electrons. The Balaban J connectivity index is 1.71. The van der Waals surface area contributed by atoms with Crippen molar-refractivity contribution in [2.24, 2.45) is 0 Å². The fourth-order valence-corrected chi connectivity index (χ4v) is 3.53. The van der Waals surface area contributed by atoms with Gasteiger partial charge in [-0.15, -0.1) is 0 Å². The summed E-state index contributed by atoms with van der Waals surface area (Å²) in [6.45, 7) is 1.29. The van der Waals surface area contributed by atoms with E-state index in [-0.39, 0.29) is 11.4 Å². The van der Waals surface area contributed by atoms with Gasteiger partial charge in [0.15, 0.2) is 17.9 Å². The summed E-state index contributed by atoms with van der Waals surface area (Å²) in [5, 5.41) is 32.5. The number of fused-ring (bicyclic) bond motifs is 1. The molecule has 10 heteroatoms. The largest absolute Gasteiger partial charge is 0.387 e. The molecule has 0 aliphatic carbocycles. The van der Waals surface area contributed by atoms with Crippen LogP contribution in [-0.4, -0.2) is 48.2 Å². The minimum Gasteiger partial charge on any atom is -0.387 e.